The van der Waals surface area contributed by atoms with Gasteiger partial charge in [0.05, 0.1) is 18.8 Å². The zero-order valence-electron chi connectivity index (χ0n) is 11.8. The van der Waals surface area contributed by atoms with Crippen LogP contribution in [-0.2, 0) is 9.53 Å². The standard InChI is InChI=1S/C14H28N2O2/c1-11(2)18-9-8-16-14(17)13(15)10-12-6-4-3-5-7-12/h11-13H,3-10,15H2,1-2H3,(H,16,17). The van der Waals surface area contributed by atoms with Crippen LogP contribution < -0.4 is 11.1 Å². The summed E-state index contributed by atoms with van der Waals surface area (Å²) in [5, 5.41) is 2.84. The summed E-state index contributed by atoms with van der Waals surface area (Å²) in [5.74, 6) is 0.611. The van der Waals surface area contributed by atoms with Crippen LogP contribution in [0.4, 0.5) is 0 Å². The molecule has 1 rings (SSSR count). The van der Waals surface area contributed by atoms with Crippen molar-refractivity contribution in [2.24, 2.45) is 11.7 Å². The van der Waals surface area contributed by atoms with Gasteiger partial charge in [0, 0.05) is 6.54 Å². The average molecular weight is 256 g/mol. The van der Waals surface area contributed by atoms with Gasteiger partial charge in [0.2, 0.25) is 5.91 Å². The summed E-state index contributed by atoms with van der Waals surface area (Å²) >= 11 is 0. The Bertz CT molecular complexity index is 238. The molecule has 1 unspecified atom stereocenters. The molecule has 0 aromatic rings. The van der Waals surface area contributed by atoms with Gasteiger partial charge in [0.1, 0.15) is 0 Å². The van der Waals surface area contributed by atoms with E-state index in [-0.39, 0.29) is 18.1 Å². The lowest BCUT2D eigenvalue weighted by Gasteiger charge is -2.24. The summed E-state index contributed by atoms with van der Waals surface area (Å²) in [6.45, 7) is 5.07. The number of rotatable bonds is 7. The van der Waals surface area contributed by atoms with Gasteiger partial charge in [-0.25, -0.2) is 0 Å². The lowest BCUT2D eigenvalue weighted by molar-refractivity contribution is -0.123. The molecule has 4 nitrogen and oxygen atoms in total. The Balaban J connectivity index is 2.11. The first-order valence-corrected chi connectivity index (χ1v) is 7.24. The highest BCUT2D eigenvalue weighted by atomic mass is 16.5. The van der Waals surface area contributed by atoms with E-state index in [1.54, 1.807) is 0 Å². The maximum Gasteiger partial charge on any atom is 0.237 e. The maximum absolute atomic E-state index is 11.8. The molecule has 0 radical (unpaired) electrons. The van der Waals surface area contributed by atoms with Crippen molar-refractivity contribution in [1.82, 2.24) is 5.32 Å². The molecule has 18 heavy (non-hydrogen) atoms. The summed E-state index contributed by atoms with van der Waals surface area (Å²) < 4.78 is 5.37. The van der Waals surface area contributed by atoms with E-state index < -0.39 is 0 Å². The predicted octanol–water partition coefficient (Wildman–Crippen LogP) is 1.83. The summed E-state index contributed by atoms with van der Waals surface area (Å²) in [5.41, 5.74) is 5.94. The fourth-order valence-corrected chi connectivity index (χ4v) is 2.49. The number of hydrogen-bond acceptors (Lipinski definition) is 3. The Hall–Kier alpha value is -0.610. The van der Waals surface area contributed by atoms with E-state index in [0.29, 0.717) is 19.1 Å². The van der Waals surface area contributed by atoms with Gasteiger partial charge in [-0.3, -0.25) is 4.79 Å². The van der Waals surface area contributed by atoms with Gasteiger partial charge in [0.25, 0.3) is 0 Å². The number of hydrogen-bond donors (Lipinski definition) is 2. The van der Waals surface area contributed by atoms with Gasteiger partial charge < -0.3 is 15.8 Å². The molecular weight excluding hydrogens is 228 g/mol. The summed E-state index contributed by atoms with van der Waals surface area (Å²) in [6, 6.07) is -0.354. The number of nitrogens with two attached hydrogens (primary N) is 1. The maximum atomic E-state index is 11.8. The van der Waals surface area contributed by atoms with Crippen molar-refractivity contribution < 1.29 is 9.53 Å². The number of carbonyl (C=O) groups is 1. The molecule has 0 aliphatic heterocycles. The minimum Gasteiger partial charge on any atom is -0.377 e. The lowest BCUT2D eigenvalue weighted by Crippen LogP contribution is -2.43. The minimum absolute atomic E-state index is 0.0343. The van der Waals surface area contributed by atoms with Crippen LogP contribution in [0.3, 0.4) is 0 Å². The van der Waals surface area contributed by atoms with E-state index in [4.69, 9.17) is 10.5 Å². The summed E-state index contributed by atoms with van der Waals surface area (Å²) in [6.07, 6.45) is 7.43. The zero-order chi connectivity index (χ0) is 13.4. The largest absolute Gasteiger partial charge is 0.377 e. The fourth-order valence-electron chi connectivity index (χ4n) is 2.49. The molecule has 1 fully saturated rings. The topological polar surface area (TPSA) is 64.3 Å². The summed E-state index contributed by atoms with van der Waals surface area (Å²) in [7, 11) is 0. The van der Waals surface area contributed by atoms with Crippen LogP contribution in [0.1, 0.15) is 52.4 Å². The van der Waals surface area contributed by atoms with Crippen molar-refractivity contribution in [2.75, 3.05) is 13.2 Å². The molecule has 1 aliphatic rings. The Morgan fingerprint density at radius 1 is 1.33 bits per heavy atom. The van der Waals surface area contributed by atoms with Crippen LogP contribution in [0.25, 0.3) is 0 Å². The molecule has 0 spiro atoms. The molecule has 0 saturated heterocycles. The Labute approximate surface area is 111 Å². The van der Waals surface area contributed by atoms with Crippen molar-refractivity contribution in [1.29, 1.82) is 0 Å². The Morgan fingerprint density at radius 2 is 2.00 bits per heavy atom. The molecule has 0 heterocycles. The van der Waals surface area contributed by atoms with E-state index in [2.05, 4.69) is 5.32 Å². The third-order valence-corrected chi connectivity index (χ3v) is 3.50. The number of carbonyl (C=O) groups excluding carboxylic acids is 1. The van der Waals surface area contributed by atoms with E-state index in [0.717, 1.165) is 6.42 Å². The summed E-state index contributed by atoms with van der Waals surface area (Å²) in [4.78, 5) is 11.8. The van der Waals surface area contributed by atoms with Crippen molar-refractivity contribution in [3.8, 4) is 0 Å². The first-order chi connectivity index (χ1) is 8.59. The van der Waals surface area contributed by atoms with Gasteiger partial charge in [-0.15, -0.1) is 0 Å². The molecule has 1 amide bonds. The SMILES string of the molecule is CC(C)OCCNC(=O)C(N)CC1CCCCC1. The van der Waals surface area contributed by atoms with Gasteiger partial charge >= 0.3 is 0 Å². The highest BCUT2D eigenvalue weighted by Crippen LogP contribution is 2.26. The number of amides is 1. The molecule has 0 aromatic carbocycles. The number of ether oxygens (including phenoxy) is 1. The molecule has 106 valence electrons. The molecule has 3 N–H and O–H groups in total. The smallest absolute Gasteiger partial charge is 0.237 e. The van der Waals surface area contributed by atoms with E-state index in [1.165, 1.54) is 32.1 Å². The quantitative estimate of drug-likeness (QED) is 0.683. The lowest BCUT2D eigenvalue weighted by atomic mass is 9.85. The van der Waals surface area contributed by atoms with Crippen molar-refractivity contribution in [3.63, 3.8) is 0 Å². The third-order valence-electron chi connectivity index (χ3n) is 3.50. The highest BCUT2D eigenvalue weighted by molar-refractivity contribution is 5.81. The zero-order valence-corrected chi connectivity index (χ0v) is 11.8. The predicted molar refractivity (Wildman–Crippen MR) is 73.3 cm³/mol. The van der Waals surface area contributed by atoms with Crippen molar-refractivity contribution >= 4 is 5.91 Å². The van der Waals surface area contributed by atoms with Crippen LogP contribution in [0.15, 0.2) is 0 Å². The monoisotopic (exact) mass is 256 g/mol. The normalized spacial score (nSPS) is 18.9. The Morgan fingerprint density at radius 3 is 2.61 bits per heavy atom. The van der Waals surface area contributed by atoms with E-state index >= 15 is 0 Å². The molecule has 0 bridgehead atoms. The van der Waals surface area contributed by atoms with Crippen LogP contribution in [0.2, 0.25) is 0 Å². The first-order valence-electron chi connectivity index (χ1n) is 7.24. The van der Waals surface area contributed by atoms with E-state index in [9.17, 15) is 4.79 Å². The molecule has 1 saturated carbocycles. The van der Waals surface area contributed by atoms with Gasteiger partial charge in [-0.1, -0.05) is 32.1 Å². The fraction of sp³-hybridized carbons (Fsp3) is 0.929. The van der Waals surface area contributed by atoms with Gasteiger partial charge in [0.15, 0.2) is 0 Å². The van der Waals surface area contributed by atoms with Crippen LogP contribution >= 0.6 is 0 Å². The van der Waals surface area contributed by atoms with Crippen molar-refractivity contribution in [2.45, 2.75) is 64.5 Å². The molecule has 1 aliphatic carbocycles. The first kappa shape index (κ1) is 15.4. The molecule has 1 atom stereocenters. The Kier molecular flexibility index (Phi) is 7.28. The molecular formula is C14H28N2O2. The third kappa shape index (κ3) is 6.36. The second-order valence-corrected chi connectivity index (χ2v) is 5.56. The second kappa shape index (κ2) is 8.48. The van der Waals surface area contributed by atoms with Gasteiger partial charge in [-0.05, 0) is 26.2 Å². The molecule has 4 heteroatoms. The van der Waals surface area contributed by atoms with Gasteiger partial charge in [-0.2, -0.15) is 0 Å². The van der Waals surface area contributed by atoms with Crippen LogP contribution in [0.5, 0.6) is 0 Å². The van der Waals surface area contributed by atoms with Crippen molar-refractivity contribution in [3.05, 3.63) is 0 Å². The van der Waals surface area contributed by atoms with Crippen LogP contribution in [-0.4, -0.2) is 31.2 Å². The number of nitrogens with one attached hydrogen (secondary N) is 1. The molecule has 0 aromatic heterocycles. The van der Waals surface area contributed by atoms with Crippen LogP contribution in [0, 0.1) is 5.92 Å². The second-order valence-electron chi connectivity index (χ2n) is 5.56. The highest BCUT2D eigenvalue weighted by Gasteiger charge is 2.20. The van der Waals surface area contributed by atoms with E-state index in [1.807, 2.05) is 13.8 Å². The minimum atomic E-state index is -0.354. The average Bonchev–Trinajstić information content (AvgIpc) is 2.35.